The summed E-state index contributed by atoms with van der Waals surface area (Å²) >= 11 is 3.41. The number of para-hydroxylation sites is 1. The predicted octanol–water partition coefficient (Wildman–Crippen LogP) is 5.06. The molecule has 0 radical (unpaired) electrons. The number of nitro groups is 1. The van der Waals surface area contributed by atoms with E-state index < -0.39 is 10.9 Å². The highest BCUT2D eigenvalue weighted by Crippen LogP contribution is 2.20. The van der Waals surface area contributed by atoms with Crippen molar-refractivity contribution in [2.45, 2.75) is 6.54 Å². The first kappa shape index (κ1) is 20.5. The van der Waals surface area contributed by atoms with Gasteiger partial charge in [-0.2, -0.15) is 0 Å². The third-order valence-corrected chi connectivity index (χ3v) is 5.18. The maximum absolute atomic E-state index is 12.5. The van der Waals surface area contributed by atoms with Crippen molar-refractivity contribution in [1.29, 1.82) is 0 Å². The Labute approximate surface area is 185 Å². The number of aromatic amines is 1. The summed E-state index contributed by atoms with van der Waals surface area (Å²) in [5, 5.41) is 12.1. The molecule has 0 amide bonds. The van der Waals surface area contributed by atoms with Crippen molar-refractivity contribution in [3.8, 4) is 0 Å². The van der Waals surface area contributed by atoms with Crippen LogP contribution in [-0.4, -0.2) is 32.0 Å². The molecule has 0 aliphatic heterocycles. The summed E-state index contributed by atoms with van der Waals surface area (Å²) in [5.74, 6) is -0.265. The van der Waals surface area contributed by atoms with Crippen LogP contribution in [-0.2, 0) is 11.3 Å². The number of carbonyl (C=O) groups is 1. The van der Waals surface area contributed by atoms with E-state index in [9.17, 15) is 14.9 Å². The lowest BCUT2D eigenvalue weighted by Gasteiger charge is -2.05. The summed E-state index contributed by atoms with van der Waals surface area (Å²) in [4.78, 5) is 30.5. The van der Waals surface area contributed by atoms with Crippen LogP contribution < -0.4 is 0 Å². The average molecular weight is 481 g/mol. The zero-order chi connectivity index (χ0) is 21.8. The molecular formula is C22H17BrN4O4. The van der Waals surface area contributed by atoms with Crippen LogP contribution in [0.3, 0.4) is 0 Å². The topological polar surface area (TPSA) is 103 Å². The number of ether oxygens (including phenoxy) is 1. The molecule has 0 saturated carbocycles. The molecule has 2 heterocycles. The van der Waals surface area contributed by atoms with E-state index in [1.165, 1.54) is 10.8 Å². The quantitative estimate of drug-likeness (QED) is 0.226. The van der Waals surface area contributed by atoms with Gasteiger partial charge in [0.15, 0.2) is 0 Å². The molecule has 156 valence electrons. The molecule has 2 aromatic carbocycles. The molecule has 0 fully saturated rings. The van der Waals surface area contributed by atoms with Gasteiger partial charge in [-0.25, -0.2) is 14.3 Å². The molecule has 4 rings (SSSR count). The summed E-state index contributed by atoms with van der Waals surface area (Å²) in [6.45, 7) is 0.0653. The van der Waals surface area contributed by atoms with Gasteiger partial charge in [-0.1, -0.05) is 46.3 Å². The Hall–Kier alpha value is -3.72. The Morgan fingerprint density at radius 3 is 2.87 bits per heavy atom. The van der Waals surface area contributed by atoms with Gasteiger partial charge in [0.1, 0.15) is 19.3 Å². The molecule has 4 aromatic rings. The number of benzene rings is 2. The van der Waals surface area contributed by atoms with E-state index >= 15 is 0 Å². The van der Waals surface area contributed by atoms with Crippen molar-refractivity contribution < 1.29 is 14.5 Å². The number of H-pyrrole nitrogens is 1. The van der Waals surface area contributed by atoms with E-state index in [4.69, 9.17) is 4.74 Å². The van der Waals surface area contributed by atoms with Crippen LogP contribution in [0.2, 0.25) is 0 Å². The highest BCUT2D eigenvalue weighted by molar-refractivity contribution is 9.10. The van der Waals surface area contributed by atoms with Crippen LogP contribution in [0.25, 0.3) is 23.1 Å². The van der Waals surface area contributed by atoms with Crippen molar-refractivity contribution in [1.82, 2.24) is 14.5 Å². The van der Waals surface area contributed by atoms with Crippen molar-refractivity contribution in [2.75, 3.05) is 6.61 Å². The number of rotatable bonds is 7. The molecule has 0 atom stereocenters. The van der Waals surface area contributed by atoms with Gasteiger partial charge in [0.25, 0.3) is 0 Å². The SMILES string of the molecule is O=C(OCCn1c([N+](=O)[O-])cnc1/C=C\c1cccc(Br)c1)c1c[nH]c2ccccc12. The molecule has 1 N–H and O–H groups in total. The molecule has 8 nitrogen and oxygen atoms in total. The molecule has 31 heavy (non-hydrogen) atoms. The largest absolute Gasteiger partial charge is 0.458 e. The molecule has 0 aliphatic carbocycles. The van der Waals surface area contributed by atoms with Crippen LogP contribution in [0.4, 0.5) is 5.82 Å². The van der Waals surface area contributed by atoms with Crippen LogP contribution in [0.5, 0.6) is 0 Å². The fourth-order valence-corrected chi connectivity index (χ4v) is 3.63. The van der Waals surface area contributed by atoms with Crippen molar-refractivity contribution in [3.63, 3.8) is 0 Å². The van der Waals surface area contributed by atoms with Gasteiger partial charge >= 0.3 is 11.8 Å². The number of nitrogens with one attached hydrogen (secondary N) is 1. The number of hydrogen-bond acceptors (Lipinski definition) is 5. The number of imidazole rings is 1. The summed E-state index contributed by atoms with van der Waals surface area (Å²) in [7, 11) is 0. The fraction of sp³-hybridized carbons (Fsp3) is 0.0909. The van der Waals surface area contributed by atoms with Crippen LogP contribution in [0.1, 0.15) is 21.7 Å². The summed E-state index contributed by atoms with van der Waals surface area (Å²) in [6, 6.07) is 15.0. The molecule has 2 aromatic heterocycles. The van der Waals surface area contributed by atoms with E-state index in [2.05, 4.69) is 25.9 Å². The van der Waals surface area contributed by atoms with Gasteiger partial charge in [-0.15, -0.1) is 0 Å². The van der Waals surface area contributed by atoms with Crippen molar-refractivity contribution in [3.05, 3.63) is 92.5 Å². The van der Waals surface area contributed by atoms with Crippen LogP contribution in [0.15, 0.2) is 65.4 Å². The van der Waals surface area contributed by atoms with E-state index in [-0.39, 0.29) is 19.0 Å². The van der Waals surface area contributed by atoms with Gasteiger partial charge in [0, 0.05) is 27.6 Å². The molecular weight excluding hydrogens is 464 g/mol. The molecule has 9 heteroatoms. The Balaban J connectivity index is 1.49. The third-order valence-electron chi connectivity index (χ3n) is 4.68. The normalized spacial score (nSPS) is 11.3. The maximum Gasteiger partial charge on any atom is 0.343 e. The minimum Gasteiger partial charge on any atom is -0.458 e. The second-order valence-corrected chi connectivity index (χ2v) is 7.57. The highest BCUT2D eigenvalue weighted by Gasteiger charge is 2.20. The van der Waals surface area contributed by atoms with E-state index in [0.29, 0.717) is 11.4 Å². The molecule has 0 bridgehead atoms. The summed E-state index contributed by atoms with van der Waals surface area (Å²) in [5.41, 5.74) is 2.17. The Bertz CT molecular complexity index is 1290. The standard InChI is InChI=1S/C22H17BrN4O4/c23-16-5-3-4-15(12-16)8-9-20-25-14-21(27(29)30)26(20)10-11-31-22(28)18-13-24-19-7-2-1-6-17(18)19/h1-9,12-14,24H,10-11H2/b9-8-. The zero-order valence-electron chi connectivity index (χ0n) is 16.2. The van der Waals surface area contributed by atoms with Gasteiger partial charge < -0.3 is 19.8 Å². The average Bonchev–Trinajstić information content (AvgIpc) is 3.36. The second-order valence-electron chi connectivity index (χ2n) is 6.66. The number of esters is 1. The van der Waals surface area contributed by atoms with E-state index in [1.54, 1.807) is 12.3 Å². The maximum atomic E-state index is 12.5. The second kappa shape index (κ2) is 8.97. The Kier molecular flexibility index (Phi) is 5.94. The molecule has 0 saturated heterocycles. The van der Waals surface area contributed by atoms with E-state index in [1.807, 2.05) is 54.6 Å². The summed E-state index contributed by atoms with van der Waals surface area (Å²) < 4.78 is 7.71. The zero-order valence-corrected chi connectivity index (χ0v) is 17.8. The number of aromatic nitrogens is 3. The number of hydrogen-bond donors (Lipinski definition) is 1. The lowest BCUT2D eigenvalue weighted by Crippen LogP contribution is -2.13. The number of halogens is 1. The first-order chi connectivity index (χ1) is 15.0. The van der Waals surface area contributed by atoms with E-state index in [0.717, 1.165) is 20.9 Å². The minimum atomic E-state index is -0.509. The first-order valence-corrected chi connectivity index (χ1v) is 10.2. The van der Waals surface area contributed by atoms with Crippen molar-refractivity contribution >= 4 is 50.8 Å². The number of nitrogens with zero attached hydrogens (tertiary/aromatic N) is 3. The summed E-state index contributed by atoms with van der Waals surface area (Å²) in [6.07, 6.45) is 6.29. The Morgan fingerprint density at radius 2 is 2.06 bits per heavy atom. The van der Waals surface area contributed by atoms with Crippen LogP contribution >= 0.6 is 15.9 Å². The third kappa shape index (κ3) is 4.56. The lowest BCUT2D eigenvalue weighted by molar-refractivity contribution is -0.392. The fourth-order valence-electron chi connectivity index (χ4n) is 3.22. The van der Waals surface area contributed by atoms with Gasteiger partial charge in [-0.3, -0.25) is 0 Å². The number of fused-ring (bicyclic) bond motifs is 1. The van der Waals surface area contributed by atoms with Gasteiger partial charge in [0.2, 0.25) is 5.82 Å². The molecule has 0 aliphatic rings. The molecule has 0 unspecified atom stereocenters. The predicted molar refractivity (Wildman–Crippen MR) is 121 cm³/mol. The lowest BCUT2D eigenvalue weighted by atomic mass is 10.2. The minimum absolute atomic E-state index is 0.0345. The van der Waals surface area contributed by atoms with Gasteiger partial charge in [-0.05, 0) is 34.8 Å². The Morgan fingerprint density at radius 1 is 1.23 bits per heavy atom. The first-order valence-electron chi connectivity index (χ1n) is 9.40. The monoisotopic (exact) mass is 480 g/mol. The molecule has 0 spiro atoms. The number of carbonyl (C=O) groups excluding carboxylic acids is 1. The van der Waals surface area contributed by atoms with Gasteiger partial charge in [0.05, 0.1) is 5.56 Å². The highest BCUT2D eigenvalue weighted by atomic mass is 79.9. The smallest absolute Gasteiger partial charge is 0.343 e. The van der Waals surface area contributed by atoms with Crippen LogP contribution in [0, 0.1) is 10.1 Å². The van der Waals surface area contributed by atoms with Crippen molar-refractivity contribution in [2.24, 2.45) is 0 Å².